The molecule has 2 aromatic rings. The van der Waals surface area contributed by atoms with Gasteiger partial charge in [0, 0.05) is 12.5 Å². The summed E-state index contributed by atoms with van der Waals surface area (Å²) >= 11 is 5.23. The predicted molar refractivity (Wildman–Crippen MR) is 69.3 cm³/mol. The van der Waals surface area contributed by atoms with E-state index in [2.05, 4.69) is 10.2 Å². The highest BCUT2D eigenvalue weighted by molar-refractivity contribution is 7.71. The summed E-state index contributed by atoms with van der Waals surface area (Å²) in [5.74, 6) is 1.76. The number of nitrogens with one attached hydrogen (secondary N) is 1. The van der Waals surface area contributed by atoms with Gasteiger partial charge in [0.2, 0.25) is 0 Å². The summed E-state index contributed by atoms with van der Waals surface area (Å²) in [5, 5.41) is 7.00. The van der Waals surface area contributed by atoms with Crippen molar-refractivity contribution in [3.8, 4) is 11.4 Å². The normalized spacial score (nSPS) is 10.5. The van der Waals surface area contributed by atoms with Gasteiger partial charge in [-0.1, -0.05) is 13.0 Å². The van der Waals surface area contributed by atoms with Gasteiger partial charge in [0.05, 0.1) is 12.3 Å². The van der Waals surface area contributed by atoms with Gasteiger partial charge in [-0.05, 0) is 31.3 Å². The van der Waals surface area contributed by atoms with Crippen molar-refractivity contribution in [3.63, 3.8) is 0 Å². The van der Waals surface area contributed by atoms with Crippen molar-refractivity contribution >= 4 is 12.2 Å². The van der Waals surface area contributed by atoms with E-state index in [4.69, 9.17) is 17.0 Å². The molecule has 0 fully saturated rings. The van der Waals surface area contributed by atoms with Gasteiger partial charge >= 0.3 is 0 Å². The number of rotatable bonds is 4. The van der Waals surface area contributed by atoms with Crippen LogP contribution in [0.2, 0.25) is 0 Å². The van der Waals surface area contributed by atoms with E-state index in [1.807, 2.05) is 42.7 Å². The maximum absolute atomic E-state index is 5.48. The van der Waals surface area contributed by atoms with Crippen LogP contribution in [0.1, 0.15) is 19.7 Å². The Morgan fingerprint density at radius 3 is 2.94 bits per heavy atom. The quantitative estimate of drug-likeness (QED) is 0.847. The predicted octanol–water partition coefficient (Wildman–Crippen LogP) is 2.89. The third-order valence-electron chi connectivity index (χ3n) is 2.44. The van der Waals surface area contributed by atoms with Gasteiger partial charge < -0.3 is 4.74 Å². The van der Waals surface area contributed by atoms with E-state index in [1.165, 1.54) is 0 Å². The van der Waals surface area contributed by atoms with Crippen molar-refractivity contribution in [1.82, 2.24) is 14.8 Å². The first-order valence-corrected chi connectivity index (χ1v) is 6.06. The van der Waals surface area contributed by atoms with Gasteiger partial charge in [0.15, 0.2) is 4.77 Å². The smallest absolute Gasteiger partial charge is 0.199 e. The van der Waals surface area contributed by atoms with E-state index >= 15 is 0 Å². The van der Waals surface area contributed by atoms with Gasteiger partial charge in [-0.15, -0.1) is 0 Å². The van der Waals surface area contributed by atoms with Gasteiger partial charge in [-0.25, -0.2) is 0 Å². The van der Waals surface area contributed by atoms with Gasteiger partial charge in [-0.2, -0.15) is 5.10 Å². The summed E-state index contributed by atoms with van der Waals surface area (Å²) in [6.07, 6.45) is 0.825. The molecule has 0 saturated carbocycles. The molecule has 1 N–H and O–H groups in total. The number of benzene rings is 1. The molecule has 0 aliphatic heterocycles. The first-order valence-electron chi connectivity index (χ1n) is 5.65. The Balaban J connectivity index is 2.48. The highest BCUT2D eigenvalue weighted by atomic mass is 32.1. The van der Waals surface area contributed by atoms with Crippen LogP contribution in [0.15, 0.2) is 24.3 Å². The lowest BCUT2D eigenvalue weighted by Crippen LogP contribution is -2.01. The molecule has 5 heteroatoms. The third kappa shape index (κ3) is 2.39. The fraction of sp³-hybridized carbons (Fsp3) is 0.333. The number of hydrogen-bond donors (Lipinski definition) is 1. The van der Waals surface area contributed by atoms with Crippen molar-refractivity contribution < 1.29 is 4.74 Å². The molecule has 0 bridgehead atoms. The molecule has 1 heterocycles. The topological polar surface area (TPSA) is 42.8 Å². The van der Waals surface area contributed by atoms with E-state index in [-0.39, 0.29) is 0 Å². The van der Waals surface area contributed by atoms with Crippen molar-refractivity contribution in [3.05, 3.63) is 34.9 Å². The van der Waals surface area contributed by atoms with Crippen molar-refractivity contribution in [1.29, 1.82) is 0 Å². The maximum Gasteiger partial charge on any atom is 0.199 e. The third-order valence-corrected chi connectivity index (χ3v) is 2.72. The minimum atomic E-state index is 0.607. The molecule has 90 valence electrons. The summed E-state index contributed by atoms with van der Waals surface area (Å²) in [4.78, 5) is 0. The number of H-pyrrole nitrogens is 1. The second-order valence-corrected chi connectivity index (χ2v) is 3.95. The molecule has 4 nitrogen and oxygen atoms in total. The van der Waals surface area contributed by atoms with E-state index in [9.17, 15) is 0 Å². The van der Waals surface area contributed by atoms with Crippen LogP contribution >= 0.6 is 12.2 Å². The zero-order chi connectivity index (χ0) is 12.3. The van der Waals surface area contributed by atoms with Gasteiger partial charge in [0.25, 0.3) is 0 Å². The summed E-state index contributed by atoms with van der Waals surface area (Å²) in [6, 6.07) is 7.85. The molecule has 0 spiro atoms. The minimum Gasteiger partial charge on any atom is -0.494 e. The molecule has 0 radical (unpaired) electrons. The van der Waals surface area contributed by atoms with Crippen LogP contribution < -0.4 is 4.74 Å². The molecule has 17 heavy (non-hydrogen) atoms. The lowest BCUT2D eigenvalue weighted by Gasteiger charge is -2.08. The Morgan fingerprint density at radius 2 is 2.24 bits per heavy atom. The number of aromatic nitrogens is 3. The SMILES string of the molecule is CCOc1cccc(-n2c(CC)n[nH]c2=S)c1. The van der Waals surface area contributed by atoms with Crippen LogP contribution in [0, 0.1) is 4.77 Å². The average molecular weight is 249 g/mol. The van der Waals surface area contributed by atoms with Crippen molar-refractivity contribution in [2.75, 3.05) is 6.61 Å². The van der Waals surface area contributed by atoms with Crippen LogP contribution in [0.25, 0.3) is 5.69 Å². The molecule has 0 atom stereocenters. The van der Waals surface area contributed by atoms with Gasteiger partial charge in [0.1, 0.15) is 11.6 Å². The highest BCUT2D eigenvalue weighted by Crippen LogP contribution is 2.18. The molecular weight excluding hydrogens is 234 g/mol. The summed E-state index contributed by atoms with van der Waals surface area (Å²) in [7, 11) is 0. The molecule has 0 aliphatic carbocycles. The van der Waals surface area contributed by atoms with Gasteiger partial charge in [-0.3, -0.25) is 9.67 Å². The second kappa shape index (κ2) is 5.14. The molecule has 2 rings (SSSR count). The average Bonchev–Trinajstić information content (AvgIpc) is 2.71. The molecule has 0 aliphatic rings. The summed E-state index contributed by atoms with van der Waals surface area (Å²) in [6.45, 7) is 4.67. The standard InChI is InChI=1S/C12H15N3OS/c1-3-11-13-14-12(17)15(11)9-6-5-7-10(8-9)16-4-2/h5-8H,3-4H2,1-2H3,(H,14,17). The van der Waals surface area contributed by atoms with E-state index in [0.29, 0.717) is 11.4 Å². The lowest BCUT2D eigenvalue weighted by molar-refractivity contribution is 0.340. The molecular formula is C12H15N3OS. The summed E-state index contributed by atoms with van der Waals surface area (Å²) < 4.78 is 8.02. The Kier molecular flexibility index (Phi) is 3.58. The minimum absolute atomic E-state index is 0.607. The zero-order valence-corrected chi connectivity index (χ0v) is 10.8. The van der Waals surface area contributed by atoms with E-state index in [1.54, 1.807) is 0 Å². The fourth-order valence-corrected chi connectivity index (χ4v) is 1.97. The Bertz CT molecular complexity index is 559. The fourth-order valence-electron chi connectivity index (χ4n) is 1.71. The highest BCUT2D eigenvalue weighted by Gasteiger charge is 2.06. The first-order chi connectivity index (χ1) is 8.26. The first kappa shape index (κ1) is 11.9. The van der Waals surface area contributed by atoms with Crippen LogP contribution in [0.4, 0.5) is 0 Å². The molecule has 1 aromatic carbocycles. The Morgan fingerprint density at radius 1 is 1.41 bits per heavy atom. The molecule has 1 aromatic heterocycles. The lowest BCUT2D eigenvalue weighted by atomic mass is 10.3. The number of aryl methyl sites for hydroxylation is 1. The number of ether oxygens (including phenoxy) is 1. The zero-order valence-electron chi connectivity index (χ0n) is 9.93. The van der Waals surface area contributed by atoms with E-state index in [0.717, 1.165) is 23.7 Å². The number of hydrogen-bond acceptors (Lipinski definition) is 3. The molecule has 0 unspecified atom stereocenters. The van der Waals surface area contributed by atoms with Crippen molar-refractivity contribution in [2.24, 2.45) is 0 Å². The monoisotopic (exact) mass is 249 g/mol. The maximum atomic E-state index is 5.48. The van der Waals surface area contributed by atoms with E-state index < -0.39 is 0 Å². The summed E-state index contributed by atoms with van der Waals surface area (Å²) in [5.41, 5.74) is 0.978. The van der Waals surface area contributed by atoms with Crippen molar-refractivity contribution in [2.45, 2.75) is 20.3 Å². The largest absolute Gasteiger partial charge is 0.494 e. The van der Waals surface area contributed by atoms with Crippen LogP contribution in [-0.4, -0.2) is 21.4 Å². The number of nitrogens with zero attached hydrogens (tertiary/aromatic N) is 2. The van der Waals surface area contributed by atoms with Crippen LogP contribution in [0.3, 0.4) is 0 Å². The Labute approximate surface area is 105 Å². The van der Waals surface area contributed by atoms with Crippen LogP contribution in [0.5, 0.6) is 5.75 Å². The molecule has 0 amide bonds. The molecule has 0 saturated heterocycles. The Hall–Kier alpha value is -1.62. The second-order valence-electron chi connectivity index (χ2n) is 3.56. The number of aromatic amines is 1. The van der Waals surface area contributed by atoms with Crippen LogP contribution in [-0.2, 0) is 6.42 Å².